The molecular weight excluding hydrogens is 216 g/mol. The molecule has 0 spiro atoms. The quantitative estimate of drug-likeness (QED) is 0.617. The van der Waals surface area contributed by atoms with E-state index in [0.29, 0.717) is 6.61 Å². The highest BCUT2D eigenvalue weighted by atomic mass is 32.1. The fraction of sp³-hybridized carbons (Fsp3) is 0.429. The van der Waals surface area contributed by atoms with Crippen LogP contribution in [0.4, 0.5) is 0 Å². The molecule has 1 nitrogen and oxygen atoms in total. The van der Waals surface area contributed by atoms with E-state index in [9.17, 15) is 0 Å². The van der Waals surface area contributed by atoms with E-state index in [1.165, 1.54) is 5.56 Å². The van der Waals surface area contributed by atoms with E-state index in [2.05, 4.69) is 45.5 Å². The molecule has 0 amide bonds. The van der Waals surface area contributed by atoms with Gasteiger partial charge >= 0.3 is 0 Å². The topological polar surface area (TPSA) is 9.23 Å². The molecule has 0 aliphatic heterocycles. The lowest BCUT2D eigenvalue weighted by atomic mass is 9.86. The number of ether oxygens (including phenoxy) is 1. The average molecular weight is 236 g/mol. The minimum atomic E-state index is 0.115. The van der Waals surface area contributed by atoms with Gasteiger partial charge in [0.25, 0.3) is 0 Å². The van der Waals surface area contributed by atoms with E-state index >= 15 is 0 Å². The summed E-state index contributed by atoms with van der Waals surface area (Å²) in [4.78, 5) is 0. The van der Waals surface area contributed by atoms with Crippen molar-refractivity contribution in [2.24, 2.45) is 0 Å². The van der Waals surface area contributed by atoms with Crippen molar-refractivity contribution >= 4 is 12.6 Å². The van der Waals surface area contributed by atoms with Crippen molar-refractivity contribution in [2.45, 2.75) is 26.2 Å². The standard InChI is InChI=1S/C14H20OS/c1-14(2,3)12-8-4-5-9-13(12)15-10-6-7-11-16/h4-9,16H,10-11H2,1-3H3. The van der Waals surface area contributed by atoms with Crippen LogP contribution in [-0.4, -0.2) is 12.4 Å². The number of benzene rings is 1. The highest BCUT2D eigenvalue weighted by Crippen LogP contribution is 2.30. The van der Waals surface area contributed by atoms with Crippen LogP contribution >= 0.6 is 12.6 Å². The van der Waals surface area contributed by atoms with Crippen LogP contribution in [0.3, 0.4) is 0 Å². The molecule has 0 unspecified atom stereocenters. The molecule has 16 heavy (non-hydrogen) atoms. The average Bonchev–Trinajstić information content (AvgIpc) is 2.24. The molecule has 0 aliphatic carbocycles. The number of hydrogen-bond donors (Lipinski definition) is 1. The third kappa shape index (κ3) is 3.93. The zero-order valence-electron chi connectivity index (χ0n) is 10.2. The van der Waals surface area contributed by atoms with E-state index in [-0.39, 0.29) is 5.41 Å². The fourth-order valence-corrected chi connectivity index (χ4v) is 1.64. The molecule has 0 N–H and O–H groups in total. The van der Waals surface area contributed by atoms with Gasteiger partial charge in [0, 0.05) is 5.75 Å². The summed E-state index contributed by atoms with van der Waals surface area (Å²) in [5, 5.41) is 0. The van der Waals surface area contributed by atoms with Gasteiger partial charge in [-0.25, -0.2) is 0 Å². The molecule has 0 fully saturated rings. The first kappa shape index (κ1) is 13.2. The first-order chi connectivity index (χ1) is 7.55. The van der Waals surface area contributed by atoms with Crippen molar-refractivity contribution in [3.8, 4) is 5.75 Å². The largest absolute Gasteiger partial charge is 0.489 e. The van der Waals surface area contributed by atoms with E-state index < -0.39 is 0 Å². The van der Waals surface area contributed by atoms with Gasteiger partial charge < -0.3 is 4.74 Å². The summed E-state index contributed by atoms with van der Waals surface area (Å²) in [6.07, 6.45) is 3.98. The summed E-state index contributed by atoms with van der Waals surface area (Å²) in [7, 11) is 0. The Morgan fingerprint density at radius 2 is 1.88 bits per heavy atom. The summed E-state index contributed by atoms with van der Waals surface area (Å²) >= 11 is 4.10. The Morgan fingerprint density at radius 1 is 1.19 bits per heavy atom. The lowest BCUT2D eigenvalue weighted by Gasteiger charge is -2.22. The van der Waals surface area contributed by atoms with Gasteiger partial charge in [-0.15, -0.1) is 0 Å². The predicted molar refractivity (Wildman–Crippen MR) is 73.6 cm³/mol. The maximum Gasteiger partial charge on any atom is 0.123 e. The van der Waals surface area contributed by atoms with Gasteiger partial charge in [-0.05, 0) is 17.0 Å². The van der Waals surface area contributed by atoms with E-state index in [1.807, 2.05) is 24.3 Å². The van der Waals surface area contributed by atoms with Gasteiger partial charge in [0.2, 0.25) is 0 Å². The monoisotopic (exact) mass is 236 g/mol. The van der Waals surface area contributed by atoms with Crippen molar-refractivity contribution < 1.29 is 4.74 Å². The van der Waals surface area contributed by atoms with Gasteiger partial charge in [0.05, 0.1) is 0 Å². The van der Waals surface area contributed by atoms with E-state index in [4.69, 9.17) is 4.74 Å². The highest BCUT2D eigenvalue weighted by molar-refractivity contribution is 7.80. The molecule has 0 atom stereocenters. The second-order valence-corrected chi connectivity index (χ2v) is 5.08. The zero-order chi connectivity index (χ0) is 12.0. The normalized spacial score (nSPS) is 12.0. The Kier molecular flexibility index (Phi) is 4.94. The molecule has 1 aromatic rings. The van der Waals surface area contributed by atoms with Crippen LogP contribution in [-0.2, 0) is 5.41 Å². The maximum absolute atomic E-state index is 5.74. The lowest BCUT2D eigenvalue weighted by molar-refractivity contribution is 0.350. The predicted octanol–water partition coefficient (Wildman–Crippen LogP) is 3.85. The van der Waals surface area contributed by atoms with Crippen LogP contribution in [0.1, 0.15) is 26.3 Å². The van der Waals surface area contributed by atoms with Crippen LogP contribution in [0.25, 0.3) is 0 Å². The van der Waals surface area contributed by atoms with Crippen molar-refractivity contribution in [2.75, 3.05) is 12.4 Å². The van der Waals surface area contributed by atoms with Gasteiger partial charge in [-0.3, -0.25) is 0 Å². The number of rotatable bonds is 4. The van der Waals surface area contributed by atoms with Crippen LogP contribution < -0.4 is 4.74 Å². The third-order valence-electron chi connectivity index (χ3n) is 2.30. The highest BCUT2D eigenvalue weighted by Gasteiger charge is 2.17. The first-order valence-electron chi connectivity index (χ1n) is 5.54. The molecule has 0 aromatic heterocycles. The summed E-state index contributed by atoms with van der Waals surface area (Å²) in [5.74, 6) is 1.73. The third-order valence-corrected chi connectivity index (χ3v) is 2.51. The summed E-state index contributed by atoms with van der Waals surface area (Å²) < 4.78 is 5.74. The second-order valence-electron chi connectivity index (χ2n) is 4.71. The van der Waals surface area contributed by atoms with Crippen LogP contribution in [0, 0.1) is 0 Å². The molecule has 0 bridgehead atoms. The molecule has 0 aliphatic rings. The van der Waals surface area contributed by atoms with Crippen molar-refractivity contribution in [3.63, 3.8) is 0 Å². The Labute approximate surface area is 104 Å². The minimum Gasteiger partial charge on any atom is -0.489 e. The smallest absolute Gasteiger partial charge is 0.123 e. The zero-order valence-corrected chi connectivity index (χ0v) is 11.1. The van der Waals surface area contributed by atoms with E-state index in [0.717, 1.165) is 11.5 Å². The maximum atomic E-state index is 5.74. The molecule has 0 saturated carbocycles. The van der Waals surface area contributed by atoms with Crippen LogP contribution in [0.5, 0.6) is 5.75 Å². The SMILES string of the molecule is CC(C)(C)c1ccccc1OCC=CCS. The van der Waals surface area contributed by atoms with Gasteiger partial charge in [0.15, 0.2) is 0 Å². The molecule has 0 saturated heterocycles. The lowest BCUT2D eigenvalue weighted by Crippen LogP contribution is -2.13. The minimum absolute atomic E-state index is 0.115. The van der Waals surface area contributed by atoms with E-state index in [1.54, 1.807) is 0 Å². The Balaban J connectivity index is 2.76. The summed E-state index contributed by atoms with van der Waals surface area (Å²) in [6.45, 7) is 7.18. The van der Waals surface area contributed by atoms with Crippen molar-refractivity contribution in [1.82, 2.24) is 0 Å². The molecule has 2 heteroatoms. The van der Waals surface area contributed by atoms with Gasteiger partial charge in [-0.1, -0.05) is 51.1 Å². The number of thiol groups is 1. The Bertz CT molecular complexity index is 350. The Morgan fingerprint density at radius 3 is 2.50 bits per heavy atom. The van der Waals surface area contributed by atoms with Gasteiger partial charge in [-0.2, -0.15) is 12.6 Å². The van der Waals surface area contributed by atoms with Crippen molar-refractivity contribution in [3.05, 3.63) is 42.0 Å². The number of hydrogen-bond acceptors (Lipinski definition) is 2. The Hall–Kier alpha value is -0.890. The van der Waals surface area contributed by atoms with Crippen LogP contribution in [0.15, 0.2) is 36.4 Å². The molecule has 0 heterocycles. The fourth-order valence-electron chi connectivity index (χ4n) is 1.49. The van der Waals surface area contributed by atoms with Crippen molar-refractivity contribution in [1.29, 1.82) is 0 Å². The first-order valence-corrected chi connectivity index (χ1v) is 6.17. The second kappa shape index (κ2) is 6.00. The summed E-state index contributed by atoms with van der Waals surface area (Å²) in [6, 6.07) is 8.21. The molecule has 88 valence electrons. The van der Waals surface area contributed by atoms with Gasteiger partial charge in [0.1, 0.15) is 12.4 Å². The molecule has 1 rings (SSSR count). The molecule has 0 radical (unpaired) electrons. The number of para-hydroxylation sites is 1. The molecule has 1 aromatic carbocycles. The molecular formula is C14H20OS. The van der Waals surface area contributed by atoms with Crippen LogP contribution in [0.2, 0.25) is 0 Å². The summed E-state index contributed by atoms with van der Waals surface area (Å²) in [5.41, 5.74) is 1.36.